The lowest BCUT2D eigenvalue weighted by molar-refractivity contribution is 0.821. The maximum Gasteiger partial charge on any atom is 0.163 e. The average Bonchev–Trinajstić information content (AvgIpc) is 2.46. The third-order valence-electron chi connectivity index (χ3n) is 3.12. The van der Waals surface area contributed by atoms with Crippen LogP contribution in [0.25, 0.3) is 0 Å². The van der Waals surface area contributed by atoms with Gasteiger partial charge in [-0.05, 0) is 37.1 Å². The summed E-state index contributed by atoms with van der Waals surface area (Å²) in [5.74, 6) is 0. The summed E-state index contributed by atoms with van der Waals surface area (Å²) in [6.45, 7) is 4.00. The Morgan fingerprint density at radius 1 is 1.00 bits per heavy atom. The van der Waals surface area contributed by atoms with Crippen LogP contribution in [0.4, 0.5) is 0 Å². The molecule has 0 radical (unpaired) electrons. The molecule has 0 saturated heterocycles. The molecule has 116 valence electrons. The van der Waals surface area contributed by atoms with E-state index in [0.717, 1.165) is 11.1 Å². The van der Waals surface area contributed by atoms with Gasteiger partial charge < -0.3 is 0 Å². The first-order valence-corrected chi connectivity index (χ1v) is 8.28. The van der Waals surface area contributed by atoms with E-state index < -0.39 is 4.33 Å². The Bertz CT molecular complexity index is 631. The Hall–Kier alpha value is -1.02. The molecule has 0 aliphatic heterocycles. The summed E-state index contributed by atoms with van der Waals surface area (Å²) in [7, 11) is 0. The lowest BCUT2D eigenvalue weighted by atomic mass is 10.0. The van der Waals surface area contributed by atoms with Gasteiger partial charge in [-0.25, -0.2) is 0 Å². The third-order valence-corrected chi connectivity index (χ3v) is 4.00. The van der Waals surface area contributed by atoms with E-state index in [1.54, 1.807) is 0 Å². The van der Waals surface area contributed by atoms with E-state index in [2.05, 4.69) is 4.99 Å². The number of halogens is 3. The highest BCUT2D eigenvalue weighted by atomic mass is 35.5. The first-order valence-electron chi connectivity index (χ1n) is 7.14. The molecule has 0 aliphatic rings. The minimum atomic E-state index is -1.10. The summed E-state index contributed by atoms with van der Waals surface area (Å²) in [5, 5.41) is 0.672. The van der Waals surface area contributed by atoms with Crippen LogP contribution < -0.4 is 0 Å². The van der Waals surface area contributed by atoms with Crippen LogP contribution in [0.3, 0.4) is 0 Å². The number of alkyl halides is 2. The van der Waals surface area contributed by atoms with E-state index in [9.17, 15) is 0 Å². The minimum Gasteiger partial charge on any atom is -0.283 e. The number of nitrogens with zero attached hydrogens (tertiary/aromatic N) is 1. The molecule has 4 heteroatoms. The van der Waals surface area contributed by atoms with E-state index in [1.807, 2.05) is 68.4 Å². The maximum absolute atomic E-state index is 6.66. The van der Waals surface area contributed by atoms with Crippen LogP contribution in [0.5, 0.6) is 0 Å². The summed E-state index contributed by atoms with van der Waals surface area (Å²) in [6, 6.07) is 17.5. The van der Waals surface area contributed by atoms with E-state index in [0.29, 0.717) is 17.2 Å². The highest BCUT2D eigenvalue weighted by Crippen LogP contribution is 2.32. The molecule has 1 nitrogen and oxygen atoms in total. The second-order valence-corrected chi connectivity index (χ2v) is 7.37. The molecular formula is C18H18Cl3N. The average molecular weight is 355 g/mol. The molecule has 2 rings (SSSR count). The van der Waals surface area contributed by atoms with Gasteiger partial charge in [-0.3, -0.25) is 4.99 Å². The predicted octanol–water partition coefficient (Wildman–Crippen LogP) is 5.95. The third kappa shape index (κ3) is 4.74. The zero-order valence-electron chi connectivity index (χ0n) is 12.6. The molecule has 0 atom stereocenters. The molecule has 0 N–H and O–H groups in total. The highest BCUT2D eigenvalue weighted by Gasteiger charge is 2.32. The summed E-state index contributed by atoms with van der Waals surface area (Å²) in [5.41, 5.74) is 2.63. The Morgan fingerprint density at radius 2 is 1.59 bits per heavy atom. The Kier molecular flexibility index (Phi) is 5.91. The van der Waals surface area contributed by atoms with Crippen LogP contribution in [-0.4, -0.2) is 16.1 Å². The molecule has 22 heavy (non-hydrogen) atoms. The highest BCUT2D eigenvalue weighted by molar-refractivity contribution is 6.60. The zero-order chi connectivity index (χ0) is 16.2. The van der Waals surface area contributed by atoms with Crippen LogP contribution in [0, 0.1) is 0 Å². The summed E-state index contributed by atoms with van der Waals surface area (Å²) < 4.78 is -1.10. The van der Waals surface area contributed by atoms with Crippen LogP contribution in [0.2, 0.25) is 5.02 Å². The molecule has 2 aromatic rings. The van der Waals surface area contributed by atoms with E-state index in [4.69, 9.17) is 34.8 Å². The smallest absolute Gasteiger partial charge is 0.163 e. The topological polar surface area (TPSA) is 12.4 Å². The van der Waals surface area contributed by atoms with E-state index in [-0.39, 0.29) is 6.04 Å². The standard InChI is InChI=1S/C18H18Cl3N/c1-13(2)22-17(15-8-10-16(19)11-9-15)18(20,21)12-14-6-4-3-5-7-14/h3-11,13H,12H2,1-2H3. The maximum atomic E-state index is 6.66. The number of hydrogen-bond donors (Lipinski definition) is 0. The fourth-order valence-corrected chi connectivity index (χ4v) is 2.93. The largest absolute Gasteiger partial charge is 0.283 e. The second-order valence-electron chi connectivity index (χ2n) is 5.45. The molecule has 0 aliphatic carbocycles. The fraction of sp³-hybridized carbons (Fsp3) is 0.278. The minimum absolute atomic E-state index is 0.0957. The van der Waals surface area contributed by atoms with Crippen molar-refractivity contribution in [2.24, 2.45) is 4.99 Å². The van der Waals surface area contributed by atoms with Crippen molar-refractivity contribution in [3.63, 3.8) is 0 Å². The summed E-state index contributed by atoms with van der Waals surface area (Å²) in [6.07, 6.45) is 0.491. The van der Waals surface area contributed by atoms with Gasteiger partial charge in [-0.2, -0.15) is 0 Å². The molecule has 2 aromatic carbocycles. The Balaban J connectivity index is 2.38. The molecule has 0 spiro atoms. The molecule has 0 amide bonds. The van der Waals surface area contributed by atoms with Gasteiger partial charge >= 0.3 is 0 Å². The van der Waals surface area contributed by atoms with Crippen molar-refractivity contribution in [2.45, 2.75) is 30.6 Å². The molecule has 0 unspecified atom stereocenters. The van der Waals surface area contributed by atoms with E-state index >= 15 is 0 Å². The summed E-state index contributed by atoms with van der Waals surface area (Å²) >= 11 is 19.3. The van der Waals surface area contributed by atoms with Gasteiger partial charge in [0.25, 0.3) is 0 Å². The lowest BCUT2D eigenvalue weighted by Gasteiger charge is -2.23. The van der Waals surface area contributed by atoms with Gasteiger partial charge in [0.2, 0.25) is 0 Å². The lowest BCUT2D eigenvalue weighted by Crippen LogP contribution is -2.30. The molecule has 0 bridgehead atoms. The van der Waals surface area contributed by atoms with Crippen LogP contribution in [0.15, 0.2) is 59.6 Å². The number of rotatable bonds is 5. The number of benzene rings is 2. The van der Waals surface area contributed by atoms with Crippen molar-refractivity contribution >= 4 is 40.5 Å². The first kappa shape index (κ1) is 17.3. The monoisotopic (exact) mass is 353 g/mol. The number of hydrogen-bond acceptors (Lipinski definition) is 1. The first-order chi connectivity index (χ1) is 10.4. The quantitative estimate of drug-likeness (QED) is 0.464. The van der Waals surface area contributed by atoms with Gasteiger partial charge in [0.05, 0.1) is 5.71 Å². The van der Waals surface area contributed by atoms with Crippen LogP contribution in [-0.2, 0) is 6.42 Å². The van der Waals surface area contributed by atoms with Crippen molar-refractivity contribution in [1.82, 2.24) is 0 Å². The van der Waals surface area contributed by atoms with Gasteiger partial charge in [0, 0.05) is 17.5 Å². The predicted molar refractivity (Wildman–Crippen MR) is 97.7 cm³/mol. The van der Waals surface area contributed by atoms with Gasteiger partial charge in [-0.1, -0.05) is 77.3 Å². The Labute approximate surface area is 146 Å². The van der Waals surface area contributed by atoms with Gasteiger partial charge in [0.1, 0.15) is 0 Å². The molecule has 0 fully saturated rings. The van der Waals surface area contributed by atoms with Gasteiger partial charge in [0.15, 0.2) is 4.33 Å². The molecule has 0 saturated carbocycles. The van der Waals surface area contributed by atoms with Crippen molar-refractivity contribution in [1.29, 1.82) is 0 Å². The molecule has 0 heterocycles. The Morgan fingerprint density at radius 3 is 2.14 bits per heavy atom. The summed E-state index contributed by atoms with van der Waals surface area (Å²) in [4.78, 5) is 4.65. The van der Waals surface area contributed by atoms with Gasteiger partial charge in [-0.15, -0.1) is 0 Å². The molecule has 0 aromatic heterocycles. The molecular weight excluding hydrogens is 337 g/mol. The normalized spacial score (nSPS) is 12.7. The second kappa shape index (κ2) is 7.50. The number of aliphatic imine (C=N–C) groups is 1. The van der Waals surface area contributed by atoms with Crippen molar-refractivity contribution < 1.29 is 0 Å². The van der Waals surface area contributed by atoms with Crippen molar-refractivity contribution in [3.8, 4) is 0 Å². The van der Waals surface area contributed by atoms with Crippen LogP contribution >= 0.6 is 34.8 Å². The van der Waals surface area contributed by atoms with E-state index in [1.165, 1.54) is 0 Å². The van der Waals surface area contributed by atoms with Crippen molar-refractivity contribution in [2.75, 3.05) is 0 Å². The SMILES string of the molecule is CC(C)N=C(c1ccc(Cl)cc1)C(Cl)(Cl)Cc1ccccc1. The van der Waals surface area contributed by atoms with Crippen LogP contribution in [0.1, 0.15) is 25.0 Å². The van der Waals surface area contributed by atoms with Crippen molar-refractivity contribution in [3.05, 3.63) is 70.7 Å². The zero-order valence-corrected chi connectivity index (χ0v) is 14.8. The fourth-order valence-electron chi connectivity index (χ4n) is 2.18.